The molecule has 0 aliphatic rings. The average molecular weight is 276 g/mol. The first-order chi connectivity index (χ1) is 9.20. The summed E-state index contributed by atoms with van der Waals surface area (Å²) in [6.45, 7) is 2.07. The van der Waals surface area contributed by atoms with Gasteiger partial charge in [0, 0.05) is 28.5 Å². The maximum Gasteiger partial charge on any atom is 0.146 e. The van der Waals surface area contributed by atoms with Gasteiger partial charge < -0.3 is 5.32 Å². The SMILES string of the molecule is CNC(CSc1cccc(C)c1)c1ccncc1F. The highest BCUT2D eigenvalue weighted by Gasteiger charge is 2.14. The summed E-state index contributed by atoms with van der Waals surface area (Å²) >= 11 is 1.72. The summed E-state index contributed by atoms with van der Waals surface area (Å²) in [5.74, 6) is 0.521. The molecule has 1 unspecified atom stereocenters. The van der Waals surface area contributed by atoms with Crippen molar-refractivity contribution in [1.29, 1.82) is 0 Å². The first kappa shape index (κ1) is 14.0. The van der Waals surface area contributed by atoms with Crippen molar-refractivity contribution >= 4 is 11.8 Å². The molecule has 0 saturated heterocycles. The lowest BCUT2D eigenvalue weighted by atomic mass is 10.1. The molecule has 0 amide bonds. The molecule has 4 heteroatoms. The third-order valence-corrected chi connectivity index (χ3v) is 4.02. The summed E-state index contributed by atoms with van der Waals surface area (Å²) < 4.78 is 13.7. The van der Waals surface area contributed by atoms with Crippen LogP contribution in [0, 0.1) is 12.7 Å². The van der Waals surface area contributed by atoms with E-state index in [-0.39, 0.29) is 11.9 Å². The number of halogens is 1. The van der Waals surface area contributed by atoms with Crippen LogP contribution in [0.5, 0.6) is 0 Å². The van der Waals surface area contributed by atoms with E-state index in [2.05, 4.69) is 35.4 Å². The number of aryl methyl sites for hydroxylation is 1. The molecule has 2 aromatic rings. The summed E-state index contributed by atoms with van der Waals surface area (Å²) in [5.41, 5.74) is 1.90. The van der Waals surface area contributed by atoms with Gasteiger partial charge in [-0.15, -0.1) is 11.8 Å². The zero-order valence-corrected chi connectivity index (χ0v) is 11.9. The third-order valence-electron chi connectivity index (χ3n) is 2.93. The lowest BCUT2D eigenvalue weighted by Crippen LogP contribution is -2.20. The summed E-state index contributed by atoms with van der Waals surface area (Å²) in [6, 6.07) is 10.0. The summed E-state index contributed by atoms with van der Waals surface area (Å²) in [7, 11) is 1.85. The van der Waals surface area contributed by atoms with E-state index < -0.39 is 0 Å². The fourth-order valence-corrected chi connectivity index (χ4v) is 3.03. The zero-order chi connectivity index (χ0) is 13.7. The Balaban J connectivity index is 2.06. The van der Waals surface area contributed by atoms with Crippen molar-refractivity contribution in [3.63, 3.8) is 0 Å². The second-order valence-corrected chi connectivity index (χ2v) is 5.46. The summed E-state index contributed by atoms with van der Waals surface area (Å²) in [4.78, 5) is 4.99. The Bertz CT molecular complexity index is 545. The highest BCUT2D eigenvalue weighted by Crippen LogP contribution is 2.26. The molecule has 1 heterocycles. The Hall–Kier alpha value is -1.39. The van der Waals surface area contributed by atoms with E-state index in [1.807, 2.05) is 13.1 Å². The van der Waals surface area contributed by atoms with Crippen molar-refractivity contribution in [2.24, 2.45) is 0 Å². The number of nitrogens with one attached hydrogen (secondary N) is 1. The molecular formula is C15H17FN2S. The molecule has 100 valence electrons. The van der Waals surface area contributed by atoms with Crippen LogP contribution in [0.3, 0.4) is 0 Å². The molecule has 0 fully saturated rings. The normalized spacial score (nSPS) is 12.4. The van der Waals surface area contributed by atoms with Crippen LogP contribution in [-0.4, -0.2) is 17.8 Å². The van der Waals surface area contributed by atoms with Crippen molar-refractivity contribution in [2.45, 2.75) is 17.9 Å². The molecule has 2 rings (SSSR count). The molecule has 1 aromatic heterocycles. The van der Waals surface area contributed by atoms with E-state index in [1.165, 1.54) is 16.7 Å². The van der Waals surface area contributed by atoms with Crippen LogP contribution in [0.1, 0.15) is 17.2 Å². The van der Waals surface area contributed by atoms with Gasteiger partial charge in [0.2, 0.25) is 0 Å². The van der Waals surface area contributed by atoms with Crippen LogP contribution < -0.4 is 5.32 Å². The number of nitrogens with zero attached hydrogens (tertiary/aromatic N) is 1. The standard InChI is InChI=1S/C15H17FN2S/c1-11-4-3-5-12(8-11)19-10-15(17-2)13-6-7-18-9-14(13)16/h3-9,15,17H,10H2,1-2H3. The lowest BCUT2D eigenvalue weighted by molar-refractivity contribution is 0.560. The van der Waals surface area contributed by atoms with Gasteiger partial charge in [-0.3, -0.25) is 4.98 Å². The van der Waals surface area contributed by atoms with E-state index in [0.717, 1.165) is 5.75 Å². The second kappa shape index (κ2) is 6.68. The summed E-state index contributed by atoms with van der Waals surface area (Å²) in [5, 5.41) is 3.16. The largest absolute Gasteiger partial charge is 0.312 e. The highest BCUT2D eigenvalue weighted by atomic mass is 32.2. The van der Waals surface area contributed by atoms with E-state index >= 15 is 0 Å². The van der Waals surface area contributed by atoms with Gasteiger partial charge in [0.05, 0.1) is 6.20 Å². The minimum Gasteiger partial charge on any atom is -0.312 e. The fourth-order valence-electron chi connectivity index (χ4n) is 1.88. The molecule has 19 heavy (non-hydrogen) atoms. The highest BCUT2D eigenvalue weighted by molar-refractivity contribution is 7.99. The topological polar surface area (TPSA) is 24.9 Å². The molecule has 1 atom stereocenters. The second-order valence-electron chi connectivity index (χ2n) is 4.37. The van der Waals surface area contributed by atoms with Crippen molar-refractivity contribution < 1.29 is 4.39 Å². The van der Waals surface area contributed by atoms with E-state index in [9.17, 15) is 4.39 Å². The first-order valence-electron chi connectivity index (χ1n) is 6.17. The van der Waals surface area contributed by atoms with Crippen LogP contribution in [-0.2, 0) is 0 Å². The smallest absolute Gasteiger partial charge is 0.146 e. The third kappa shape index (κ3) is 3.78. The van der Waals surface area contributed by atoms with Gasteiger partial charge in [-0.2, -0.15) is 0 Å². The monoisotopic (exact) mass is 276 g/mol. The Morgan fingerprint density at radius 3 is 2.89 bits per heavy atom. The van der Waals surface area contributed by atoms with E-state index in [0.29, 0.717) is 5.56 Å². The molecule has 0 aliphatic heterocycles. The van der Waals surface area contributed by atoms with Gasteiger partial charge in [-0.05, 0) is 32.2 Å². The predicted octanol–water partition coefficient (Wildman–Crippen LogP) is 3.58. The van der Waals surface area contributed by atoms with Crippen LogP contribution in [0.25, 0.3) is 0 Å². The lowest BCUT2D eigenvalue weighted by Gasteiger charge is -2.16. The molecule has 0 radical (unpaired) electrons. The maximum absolute atomic E-state index is 13.7. The number of thioether (sulfide) groups is 1. The number of hydrogen-bond acceptors (Lipinski definition) is 3. The molecule has 0 saturated carbocycles. The van der Waals surface area contributed by atoms with Gasteiger partial charge in [0.25, 0.3) is 0 Å². The molecule has 2 nitrogen and oxygen atoms in total. The maximum atomic E-state index is 13.7. The minimum atomic E-state index is -0.258. The average Bonchev–Trinajstić information content (AvgIpc) is 2.41. The van der Waals surface area contributed by atoms with Crippen molar-refractivity contribution in [2.75, 3.05) is 12.8 Å². The van der Waals surface area contributed by atoms with E-state index in [4.69, 9.17) is 0 Å². The van der Waals surface area contributed by atoms with Crippen LogP contribution in [0.2, 0.25) is 0 Å². The van der Waals surface area contributed by atoms with E-state index in [1.54, 1.807) is 24.0 Å². The number of aromatic nitrogens is 1. The molecule has 0 aliphatic carbocycles. The number of hydrogen-bond donors (Lipinski definition) is 1. The van der Waals surface area contributed by atoms with Crippen LogP contribution in [0.15, 0.2) is 47.6 Å². The van der Waals surface area contributed by atoms with Gasteiger partial charge in [0.15, 0.2) is 0 Å². The van der Waals surface area contributed by atoms with Crippen molar-refractivity contribution in [3.05, 3.63) is 59.7 Å². The van der Waals surface area contributed by atoms with Gasteiger partial charge >= 0.3 is 0 Å². The van der Waals surface area contributed by atoms with Crippen LogP contribution >= 0.6 is 11.8 Å². The first-order valence-corrected chi connectivity index (χ1v) is 7.15. The Kier molecular flexibility index (Phi) is 4.93. The number of benzene rings is 1. The predicted molar refractivity (Wildman–Crippen MR) is 77.9 cm³/mol. The van der Waals surface area contributed by atoms with Gasteiger partial charge in [0.1, 0.15) is 5.82 Å². The zero-order valence-electron chi connectivity index (χ0n) is 11.1. The summed E-state index contributed by atoms with van der Waals surface area (Å²) in [6.07, 6.45) is 2.89. The Morgan fingerprint density at radius 1 is 1.37 bits per heavy atom. The molecule has 0 spiro atoms. The Morgan fingerprint density at radius 2 is 2.21 bits per heavy atom. The molecular weight excluding hydrogens is 259 g/mol. The van der Waals surface area contributed by atoms with Crippen LogP contribution in [0.4, 0.5) is 4.39 Å². The Labute approximate surface area is 117 Å². The van der Waals surface area contributed by atoms with Gasteiger partial charge in [-0.1, -0.05) is 17.7 Å². The molecule has 1 aromatic carbocycles. The minimum absolute atomic E-state index is 0.0199. The van der Waals surface area contributed by atoms with Crippen molar-refractivity contribution in [3.8, 4) is 0 Å². The quantitative estimate of drug-likeness (QED) is 0.845. The number of rotatable bonds is 5. The fraction of sp³-hybridized carbons (Fsp3) is 0.267. The number of pyridine rings is 1. The van der Waals surface area contributed by atoms with Crippen molar-refractivity contribution in [1.82, 2.24) is 10.3 Å². The van der Waals surface area contributed by atoms with Gasteiger partial charge in [-0.25, -0.2) is 4.39 Å². The molecule has 1 N–H and O–H groups in total. The molecule has 0 bridgehead atoms.